The van der Waals surface area contributed by atoms with Crippen LogP contribution in [0.2, 0.25) is 0 Å². The van der Waals surface area contributed by atoms with Crippen LogP contribution < -0.4 is 0 Å². The third kappa shape index (κ3) is 516. The molecule has 0 aliphatic heterocycles. The Morgan fingerprint density at radius 3 is 0.525 bits per heavy atom. The molecule has 59 heavy (non-hydrogen) atoms. The minimum absolute atomic E-state index is 0. The van der Waals surface area contributed by atoms with Gasteiger partial charge >= 0.3 is 42.1 Å². The molecule has 0 aliphatic carbocycles. The SMILES string of the molecule is C.CC.CC.CC.CC.CC.CC.CC.CC.CC.CC.CC.CC.CC.CC.CC.[CH-]=CC=[CH-].[CH-]=CN=[CH-].[W+2].[W+2].c1ccncc1.c1cnccn1.c1cncnc1. The van der Waals surface area contributed by atoms with Gasteiger partial charge < -0.3 is 43.1 Å². The van der Waals surface area contributed by atoms with Gasteiger partial charge in [-0.05, 0) is 18.2 Å². The Morgan fingerprint density at radius 1 is 0.305 bits per heavy atom. The number of rotatable bonds is 2. The van der Waals surface area contributed by atoms with Gasteiger partial charge in [-0.1, -0.05) is 221 Å². The molecule has 0 saturated carbocycles. The van der Waals surface area contributed by atoms with Gasteiger partial charge in [-0.15, -0.1) is 0 Å². The molecule has 0 unspecified atom stereocenters. The van der Waals surface area contributed by atoms with Crippen molar-refractivity contribution in [3.05, 3.63) is 118 Å². The number of nitrogens with zero attached hydrogens (tertiary/aromatic N) is 6. The number of hydrogen-bond donors (Lipinski definition) is 0. The van der Waals surface area contributed by atoms with Gasteiger partial charge in [0.1, 0.15) is 6.33 Å². The zero-order valence-electron chi connectivity index (χ0n) is 45.0. The number of aliphatic imine (C=N–C) groups is 1. The molecule has 0 spiro atoms. The summed E-state index contributed by atoms with van der Waals surface area (Å²) in [7, 11) is 0. The van der Waals surface area contributed by atoms with Crippen molar-refractivity contribution in [2.24, 2.45) is 4.99 Å². The van der Waals surface area contributed by atoms with Crippen LogP contribution in [-0.2, 0) is 42.1 Å². The van der Waals surface area contributed by atoms with Gasteiger partial charge in [0.2, 0.25) is 0 Å². The first kappa shape index (κ1) is 131. The molecule has 3 aromatic rings. The number of allylic oxidation sites excluding steroid dienone is 2. The van der Waals surface area contributed by atoms with E-state index in [1.807, 2.05) is 226 Å². The smallest absolute Gasteiger partial charge is 0.601 e. The molecule has 0 bridgehead atoms. The van der Waals surface area contributed by atoms with E-state index < -0.39 is 0 Å². The van der Waals surface area contributed by atoms with E-state index in [0.717, 1.165) is 6.20 Å². The van der Waals surface area contributed by atoms with E-state index in [9.17, 15) is 0 Å². The van der Waals surface area contributed by atoms with Crippen molar-refractivity contribution in [1.29, 1.82) is 0 Å². The molecule has 3 aromatic heterocycles. The molecule has 3 heterocycles. The van der Waals surface area contributed by atoms with Crippen molar-refractivity contribution in [2.45, 2.75) is 215 Å². The first-order valence-corrected chi connectivity index (χ1v) is 22.1. The zero-order valence-corrected chi connectivity index (χ0v) is 50.9. The maximum Gasteiger partial charge on any atom is 2.00 e. The molecule has 0 aromatic carbocycles. The summed E-state index contributed by atoms with van der Waals surface area (Å²) in [6, 6.07) is 7.49. The molecule has 8 heteroatoms. The number of pyridine rings is 1. The molecule has 0 saturated heterocycles. The van der Waals surface area contributed by atoms with Gasteiger partial charge in [-0.3, -0.25) is 15.0 Å². The van der Waals surface area contributed by atoms with Crippen molar-refractivity contribution >= 4 is 6.72 Å². The molecular formula is C51H114N6W2. The zero-order chi connectivity index (χ0) is 49.6. The van der Waals surface area contributed by atoms with Crippen molar-refractivity contribution in [3.63, 3.8) is 0 Å². The van der Waals surface area contributed by atoms with Gasteiger partial charge in [0.25, 0.3) is 0 Å². The van der Waals surface area contributed by atoms with E-state index in [0.29, 0.717) is 0 Å². The monoisotopic (exact) mass is 1180 g/mol. The van der Waals surface area contributed by atoms with Gasteiger partial charge in [0.05, 0.1) is 0 Å². The normalized spacial score (nSPS) is 4.64. The summed E-state index contributed by atoms with van der Waals surface area (Å²) in [5.41, 5.74) is 0. The predicted molar refractivity (Wildman–Crippen MR) is 280 cm³/mol. The van der Waals surface area contributed by atoms with Crippen LogP contribution in [0.5, 0.6) is 0 Å². The van der Waals surface area contributed by atoms with Crippen molar-refractivity contribution in [2.75, 3.05) is 0 Å². The average Bonchev–Trinajstić information content (AvgIpc) is 3.40. The fourth-order valence-electron chi connectivity index (χ4n) is 0.819. The molecule has 0 aliphatic rings. The van der Waals surface area contributed by atoms with Crippen molar-refractivity contribution in [1.82, 2.24) is 24.9 Å². The van der Waals surface area contributed by atoms with E-state index in [1.54, 1.807) is 55.6 Å². The van der Waals surface area contributed by atoms with Crippen LogP contribution in [0, 0.1) is 19.7 Å². The molecule has 360 valence electrons. The topological polar surface area (TPSA) is 76.8 Å². The van der Waals surface area contributed by atoms with Crippen LogP contribution in [0.25, 0.3) is 0 Å². The summed E-state index contributed by atoms with van der Waals surface area (Å²) >= 11 is 0. The van der Waals surface area contributed by atoms with E-state index in [1.165, 1.54) is 18.5 Å². The van der Waals surface area contributed by atoms with Crippen molar-refractivity contribution in [3.8, 4) is 0 Å². The largest absolute Gasteiger partial charge is 2.00 e. The van der Waals surface area contributed by atoms with Crippen LogP contribution in [0.15, 0.2) is 104 Å². The molecule has 0 amide bonds. The predicted octanol–water partition coefficient (Wildman–Crippen LogP) is 19.5. The first-order valence-electron chi connectivity index (χ1n) is 22.1. The van der Waals surface area contributed by atoms with Crippen molar-refractivity contribution < 1.29 is 42.1 Å². The Bertz CT molecular complexity index is 471. The standard InChI is InChI=1S/C5H5N.2C4H4N2.C4H4.C3H3N.15C2H6.CH4.2W/c1-2-4-6-5-3-1;1-2-6-4-3-5-1;1-2-5-4-6-3-1;2*1-3-4-2;15*1-2;;;/h1-5H;2*1-4H;1-4H;1-3H;15*1-2H3;1H4;;/q;;;2*-2;;;;;;;;;;;;;;;;;2*+2. The Kier molecular flexibility index (Phi) is 956. The van der Waals surface area contributed by atoms with Crippen LogP contribution >= 0.6 is 0 Å². The van der Waals surface area contributed by atoms with Crippen LogP contribution in [0.1, 0.15) is 215 Å². The molecule has 0 N–H and O–H groups in total. The summed E-state index contributed by atoms with van der Waals surface area (Å²) < 4.78 is 0. The second kappa shape index (κ2) is 432. The van der Waals surface area contributed by atoms with Gasteiger partial charge in [-0.25, -0.2) is 9.97 Å². The van der Waals surface area contributed by atoms with Gasteiger partial charge in [-0.2, -0.15) is 6.72 Å². The minimum atomic E-state index is 0. The third-order valence-electron chi connectivity index (χ3n) is 1.72. The van der Waals surface area contributed by atoms with Crippen LogP contribution in [-0.4, -0.2) is 31.6 Å². The fraction of sp³-hybridized carbons (Fsp3) is 0.608. The summed E-state index contributed by atoms with van der Waals surface area (Å²) in [5.74, 6) is 0. The third-order valence-corrected chi connectivity index (χ3v) is 1.72. The van der Waals surface area contributed by atoms with E-state index >= 15 is 0 Å². The molecule has 0 radical (unpaired) electrons. The molecule has 0 atom stereocenters. The first-order chi connectivity index (χ1) is 27.8. The molecule has 6 nitrogen and oxygen atoms in total. The number of aromatic nitrogens is 5. The van der Waals surface area contributed by atoms with Crippen LogP contribution in [0.4, 0.5) is 0 Å². The summed E-state index contributed by atoms with van der Waals surface area (Å²) in [4.78, 5) is 21.5. The maximum absolute atomic E-state index is 4.72. The second-order valence-electron chi connectivity index (χ2n) is 3.51. The number of hydrogen-bond acceptors (Lipinski definition) is 6. The Labute approximate surface area is 409 Å². The van der Waals surface area contributed by atoms with E-state index in [4.69, 9.17) is 13.2 Å². The molecular weight excluding hydrogens is 1060 g/mol. The van der Waals surface area contributed by atoms with Gasteiger partial charge in [0, 0.05) is 49.6 Å². The minimum Gasteiger partial charge on any atom is -0.601 e. The summed E-state index contributed by atoms with van der Waals surface area (Å²) in [6.45, 7) is 78.5. The second-order valence-corrected chi connectivity index (χ2v) is 3.51. The quantitative estimate of drug-likeness (QED) is 0.145. The summed E-state index contributed by atoms with van der Waals surface area (Å²) in [6.07, 6.45) is 18.5. The van der Waals surface area contributed by atoms with Crippen LogP contribution in [0.3, 0.4) is 0 Å². The van der Waals surface area contributed by atoms with E-state index in [2.05, 4.69) is 43.2 Å². The summed E-state index contributed by atoms with van der Waals surface area (Å²) in [5, 5.41) is 0. The van der Waals surface area contributed by atoms with Gasteiger partial charge in [0.15, 0.2) is 0 Å². The molecule has 0 fully saturated rings. The average molecular weight is 1180 g/mol. The Hall–Kier alpha value is -2.42. The fourth-order valence-corrected chi connectivity index (χ4v) is 0.819. The molecule has 3 rings (SSSR count). The maximum atomic E-state index is 4.72. The Balaban J connectivity index is -0.0000000154. The van der Waals surface area contributed by atoms with E-state index in [-0.39, 0.29) is 49.6 Å². The Morgan fingerprint density at radius 2 is 0.475 bits per heavy atom.